The number of rotatable bonds is 2. The minimum absolute atomic E-state index is 0.0166. The SMILES string of the molecule is CC(C)Cc1c(F)ccc(Cl)c1F. The van der Waals surface area contributed by atoms with Crippen LogP contribution in [-0.2, 0) is 6.42 Å². The van der Waals surface area contributed by atoms with Gasteiger partial charge in [0.2, 0.25) is 0 Å². The number of hydrogen-bond acceptors (Lipinski definition) is 0. The molecule has 0 aliphatic rings. The van der Waals surface area contributed by atoms with E-state index in [2.05, 4.69) is 0 Å². The van der Waals surface area contributed by atoms with Crippen LogP contribution in [0.3, 0.4) is 0 Å². The van der Waals surface area contributed by atoms with Crippen molar-refractivity contribution in [3.8, 4) is 0 Å². The van der Waals surface area contributed by atoms with Gasteiger partial charge in [-0.2, -0.15) is 0 Å². The molecule has 0 heterocycles. The van der Waals surface area contributed by atoms with Crippen molar-refractivity contribution in [2.24, 2.45) is 5.92 Å². The Bertz CT molecular complexity index is 308. The lowest BCUT2D eigenvalue weighted by molar-refractivity contribution is 0.525. The Balaban J connectivity index is 3.10. The van der Waals surface area contributed by atoms with Crippen LogP contribution in [0.25, 0.3) is 0 Å². The second-order valence-corrected chi connectivity index (χ2v) is 3.83. The van der Waals surface area contributed by atoms with Gasteiger partial charge in [0, 0.05) is 5.56 Å². The zero-order valence-electron chi connectivity index (χ0n) is 7.57. The molecule has 3 heteroatoms. The maximum atomic E-state index is 13.3. The molecular weight excluding hydrogens is 194 g/mol. The third-order valence-corrected chi connectivity index (χ3v) is 2.04. The largest absolute Gasteiger partial charge is 0.207 e. The van der Waals surface area contributed by atoms with Crippen LogP contribution in [0.1, 0.15) is 19.4 Å². The molecule has 0 aliphatic heterocycles. The monoisotopic (exact) mass is 204 g/mol. The van der Waals surface area contributed by atoms with Crippen LogP contribution in [0.15, 0.2) is 12.1 Å². The highest BCUT2D eigenvalue weighted by Crippen LogP contribution is 2.23. The van der Waals surface area contributed by atoms with Crippen molar-refractivity contribution < 1.29 is 8.78 Å². The highest BCUT2D eigenvalue weighted by Gasteiger charge is 2.13. The van der Waals surface area contributed by atoms with Crippen molar-refractivity contribution in [1.82, 2.24) is 0 Å². The van der Waals surface area contributed by atoms with E-state index in [4.69, 9.17) is 11.6 Å². The van der Waals surface area contributed by atoms with Crippen molar-refractivity contribution in [1.29, 1.82) is 0 Å². The molecular formula is C10H11ClF2. The molecule has 0 atom stereocenters. The average molecular weight is 205 g/mol. The lowest BCUT2D eigenvalue weighted by Crippen LogP contribution is -2.01. The topological polar surface area (TPSA) is 0 Å². The van der Waals surface area contributed by atoms with Gasteiger partial charge in [-0.15, -0.1) is 0 Å². The third kappa shape index (κ3) is 2.41. The predicted octanol–water partition coefficient (Wildman–Crippen LogP) is 3.82. The van der Waals surface area contributed by atoms with Crippen molar-refractivity contribution in [2.45, 2.75) is 20.3 Å². The summed E-state index contributed by atoms with van der Waals surface area (Å²) < 4.78 is 26.3. The molecule has 0 nitrogen and oxygen atoms in total. The molecule has 0 fully saturated rings. The standard InChI is InChI=1S/C10H11ClF2/c1-6(2)5-7-9(12)4-3-8(11)10(7)13/h3-4,6H,5H2,1-2H3. The van der Waals surface area contributed by atoms with Crippen LogP contribution in [0.4, 0.5) is 8.78 Å². The maximum Gasteiger partial charge on any atom is 0.147 e. The molecule has 13 heavy (non-hydrogen) atoms. The van der Waals surface area contributed by atoms with E-state index in [9.17, 15) is 8.78 Å². The fourth-order valence-corrected chi connectivity index (χ4v) is 1.34. The Labute approximate surface area is 81.5 Å². The van der Waals surface area contributed by atoms with Gasteiger partial charge in [0.1, 0.15) is 11.6 Å². The minimum Gasteiger partial charge on any atom is -0.207 e. The van der Waals surface area contributed by atoms with Gasteiger partial charge in [0.25, 0.3) is 0 Å². The van der Waals surface area contributed by atoms with Crippen molar-refractivity contribution in [2.75, 3.05) is 0 Å². The van der Waals surface area contributed by atoms with E-state index in [-0.39, 0.29) is 16.5 Å². The summed E-state index contributed by atoms with van der Waals surface area (Å²) in [4.78, 5) is 0. The molecule has 0 unspecified atom stereocenters. The summed E-state index contributed by atoms with van der Waals surface area (Å²) in [5, 5.41) is -0.0166. The molecule has 1 rings (SSSR count). The molecule has 1 aromatic rings. The first-order valence-electron chi connectivity index (χ1n) is 4.14. The smallest absolute Gasteiger partial charge is 0.147 e. The lowest BCUT2D eigenvalue weighted by Gasteiger charge is -2.08. The highest BCUT2D eigenvalue weighted by molar-refractivity contribution is 6.30. The van der Waals surface area contributed by atoms with Crippen molar-refractivity contribution in [3.63, 3.8) is 0 Å². The molecule has 0 radical (unpaired) electrons. The molecule has 0 amide bonds. The Morgan fingerprint density at radius 1 is 1.31 bits per heavy atom. The summed E-state index contributed by atoms with van der Waals surface area (Å²) in [6.45, 7) is 3.81. The van der Waals surface area contributed by atoms with Crippen LogP contribution in [0.2, 0.25) is 5.02 Å². The first-order valence-corrected chi connectivity index (χ1v) is 4.52. The van der Waals surface area contributed by atoms with E-state index in [1.165, 1.54) is 12.1 Å². The third-order valence-electron chi connectivity index (χ3n) is 1.75. The van der Waals surface area contributed by atoms with Gasteiger partial charge in [0.15, 0.2) is 0 Å². The minimum atomic E-state index is -0.629. The van der Waals surface area contributed by atoms with Gasteiger partial charge in [-0.1, -0.05) is 25.4 Å². The number of halogens is 3. The molecule has 0 spiro atoms. The molecule has 0 saturated heterocycles. The molecule has 0 N–H and O–H groups in total. The first-order chi connectivity index (χ1) is 6.02. The Morgan fingerprint density at radius 3 is 2.46 bits per heavy atom. The van der Waals surface area contributed by atoms with Crippen molar-refractivity contribution in [3.05, 3.63) is 34.4 Å². The maximum absolute atomic E-state index is 13.3. The Hall–Kier alpha value is -0.630. The summed E-state index contributed by atoms with van der Waals surface area (Å²) >= 11 is 5.53. The van der Waals surface area contributed by atoms with Gasteiger partial charge in [-0.3, -0.25) is 0 Å². The summed E-state index contributed by atoms with van der Waals surface area (Å²) in [6.07, 6.45) is 0.373. The lowest BCUT2D eigenvalue weighted by atomic mass is 10.0. The van der Waals surface area contributed by atoms with E-state index in [0.717, 1.165) is 0 Å². The average Bonchev–Trinajstić information content (AvgIpc) is 2.05. The normalized spacial score (nSPS) is 10.9. The molecule has 0 saturated carbocycles. The number of hydrogen-bond donors (Lipinski definition) is 0. The van der Waals surface area contributed by atoms with Gasteiger partial charge < -0.3 is 0 Å². The Kier molecular flexibility index (Phi) is 3.26. The van der Waals surface area contributed by atoms with E-state index in [1.54, 1.807) is 0 Å². The van der Waals surface area contributed by atoms with Crippen LogP contribution < -0.4 is 0 Å². The van der Waals surface area contributed by atoms with Gasteiger partial charge in [0.05, 0.1) is 5.02 Å². The zero-order chi connectivity index (χ0) is 10.0. The van der Waals surface area contributed by atoms with Crippen LogP contribution in [0, 0.1) is 17.6 Å². The highest BCUT2D eigenvalue weighted by atomic mass is 35.5. The molecule has 0 aromatic heterocycles. The van der Waals surface area contributed by atoms with Gasteiger partial charge in [-0.05, 0) is 24.5 Å². The second kappa shape index (κ2) is 4.05. The zero-order valence-corrected chi connectivity index (χ0v) is 8.33. The van der Waals surface area contributed by atoms with Gasteiger partial charge >= 0.3 is 0 Å². The van der Waals surface area contributed by atoms with Crippen molar-refractivity contribution >= 4 is 11.6 Å². The summed E-state index contributed by atoms with van der Waals surface area (Å²) in [5.74, 6) is -0.937. The molecule has 1 aromatic carbocycles. The van der Waals surface area contributed by atoms with Crippen LogP contribution >= 0.6 is 11.6 Å². The summed E-state index contributed by atoms with van der Waals surface area (Å²) in [6, 6.07) is 2.43. The molecule has 0 bridgehead atoms. The first kappa shape index (κ1) is 10.5. The van der Waals surface area contributed by atoms with Gasteiger partial charge in [-0.25, -0.2) is 8.78 Å². The fourth-order valence-electron chi connectivity index (χ4n) is 1.16. The van der Waals surface area contributed by atoms with E-state index < -0.39 is 11.6 Å². The van der Waals surface area contributed by atoms with E-state index in [1.807, 2.05) is 13.8 Å². The van der Waals surface area contributed by atoms with Crippen LogP contribution in [-0.4, -0.2) is 0 Å². The number of benzene rings is 1. The summed E-state index contributed by atoms with van der Waals surface area (Å²) in [7, 11) is 0. The van der Waals surface area contributed by atoms with E-state index in [0.29, 0.717) is 6.42 Å². The summed E-state index contributed by atoms with van der Waals surface area (Å²) in [5.41, 5.74) is 0.0856. The predicted molar refractivity (Wildman–Crippen MR) is 49.9 cm³/mol. The quantitative estimate of drug-likeness (QED) is 0.643. The molecule has 0 aliphatic carbocycles. The Morgan fingerprint density at radius 2 is 1.92 bits per heavy atom. The fraction of sp³-hybridized carbons (Fsp3) is 0.400. The molecule has 72 valence electrons. The second-order valence-electron chi connectivity index (χ2n) is 3.42. The van der Waals surface area contributed by atoms with Crippen LogP contribution in [0.5, 0.6) is 0 Å². The van der Waals surface area contributed by atoms with E-state index >= 15 is 0 Å².